The van der Waals surface area contributed by atoms with Crippen molar-refractivity contribution in [2.75, 3.05) is 26.9 Å². The molecule has 4 heteroatoms. The predicted octanol–water partition coefficient (Wildman–Crippen LogP) is 1.30. The maximum atomic E-state index is 8.97. The molecule has 0 bridgehead atoms. The van der Waals surface area contributed by atoms with E-state index in [4.69, 9.17) is 14.9 Å². The summed E-state index contributed by atoms with van der Waals surface area (Å²) < 4.78 is 5.42. The second-order valence-electron chi connectivity index (χ2n) is 4.99. The van der Waals surface area contributed by atoms with Crippen molar-refractivity contribution in [3.63, 3.8) is 0 Å². The molecule has 1 rings (SSSR count). The lowest BCUT2D eigenvalue weighted by Gasteiger charge is -2.15. The fraction of sp³-hybridized carbons (Fsp3) is 0.600. The lowest BCUT2D eigenvalue weighted by atomic mass is 10.00. The van der Waals surface area contributed by atoms with Gasteiger partial charge in [0.15, 0.2) is 0 Å². The molecule has 0 aliphatic heterocycles. The van der Waals surface area contributed by atoms with Crippen LogP contribution in [-0.4, -0.2) is 43.1 Å². The molecule has 0 aliphatic rings. The summed E-state index contributed by atoms with van der Waals surface area (Å²) >= 11 is 0. The summed E-state index contributed by atoms with van der Waals surface area (Å²) in [5, 5.41) is 21.0. The monoisotopic (exact) mass is 267 g/mol. The Bertz CT molecular complexity index is 376. The van der Waals surface area contributed by atoms with Crippen LogP contribution in [-0.2, 0) is 6.42 Å². The molecule has 1 aromatic rings. The van der Waals surface area contributed by atoms with Crippen molar-refractivity contribution in [3.05, 3.63) is 29.3 Å². The molecule has 0 fully saturated rings. The topological polar surface area (TPSA) is 61.7 Å². The molecule has 0 amide bonds. The molecule has 0 heterocycles. The highest BCUT2D eigenvalue weighted by Crippen LogP contribution is 2.24. The summed E-state index contributed by atoms with van der Waals surface area (Å²) in [6, 6.07) is 6.04. The lowest BCUT2D eigenvalue weighted by molar-refractivity contribution is 0.171. The molecule has 0 unspecified atom stereocenters. The highest BCUT2D eigenvalue weighted by molar-refractivity contribution is 5.38. The van der Waals surface area contributed by atoms with Crippen molar-refractivity contribution in [1.82, 2.24) is 5.32 Å². The smallest absolute Gasteiger partial charge is 0.122 e. The predicted molar refractivity (Wildman–Crippen MR) is 76.7 cm³/mol. The van der Waals surface area contributed by atoms with Gasteiger partial charge in [-0.3, -0.25) is 0 Å². The van der Waals surface area contributed by atoms with Crippen LogP contribution in [0, 0.1) is 0 Å². The Morgan fingerprint density at radius 3 is 2.42 bits per heavy atom. The second-order valence-corrected chi connectivity index (χ2v) is 4.99. The molecular weight excluding hydrogens is 242 g/mol. The van der Waals surface area contributed by atoms with Crippen LogP contribution >= 0.6 is 0 Å². The highest BCUT2D eigenvalue weighted by atomic mass is 16.5. The van der Waals surface area contributed by atoms with E-state index in [1.807, 2.05) is 0 Å². The van der Waals surface area contributed by atoms with Crippen LogP contribution in [0.2, 0.25) is 0 Å². The summed E-state index contributed by atoms with van der Waals surface area (Å²) in [7, 11) is 1.68. The van der Waals surface area contributed by atoms with Crippen molar-refractivity contribution in [2.24, 2.45) is 0 Å². The van der Waals surface area contributed by atoms with Crippen molar-refractivity contribution in [3.8, 4) is 5.75 Å². The Morgan fingerprint density at radius 2 is 1.89 bits per heavy atom. The number of aliphatic hydroxyl groups excluding tert-OH is 2. The standard InChI is InChI=1S/C15H25NO3/c1-11(2)13-5-4-12(15(8-13)19-3)6-7-16-14(9-17)10-18/h4-5,8,11,14,16-18H,6-7,9-10H2,1-3H3. The van der Waals surface area contributed by atoms with Crippen molar-refractivity contribution in [1.29, 1.82) is 0 Å². The van der Waals surface area contributed by atoms with Gasteiger partial charge in [-0.2, -0.15) is 0 Å². The summed E-state index contributed by atoms with van der Waals surface area (Å²) in [5.41, 5.74) is 2.39. The van der Waals surface area contributed by atoms with E-state index in [9.17, 15) is 0 Å². The molecule has 0 saturated carbocycles. The van der Waals surface area contributed by atoms with Crippen molar-refractivity contribution in [2.45, 2.75) is 32.2 Å². The van der Waals surface area contributed by atoms with E-state index in [1.54, 1.807) is 7.11 Å². The number of methoxy groups -OCH3 is 1. The first-order valence-corrected chi connectivity index (χ1v) is 6.74. The molecule has 4 nitrogen and oxygen atoms in total. The van der Waals surface area contributed by atoms with E-state index < -0.39 is 0 Å². The average Bonchev–Trinajstić information content (AvgIpc) is 2.43. The fourth-order valence-corrected chi connectivity index (χ4v) is 1.92. The van der Waals surface area contributed by atoms with Crippen LogP contribution in [0.5, 0.6) is 5.75 Å². The maximum absolute atomic E-state index is 8.97. The van der Waals surface area contributed by atoms with Crippen LogP contribution < -0.4 is 10.1 Å². The first kappa shape index (κ1) is 16.0. The van der Waals surface area contributed by atoms with Crippen LogP contribution in [0.4, 0.5) is 0 Å². The van der Waals surface area contributed by atoms with Gasteiger partial charge in [0.2, 0.25) is 0 Å². The molecule has 0 aliphatic carbocycles. The zero-order valence-corrected chi connectivity index (χ0v) is 12.0. The third-order valence-electron chi connectivity index (χ3n) is 3.25. The number of hydrogen-bond donors (Lipinski definition) is 3. The van der Waals surface area contributed by atoms with Gasteiger partial charge in [0.05, 0.1) is 26.4 Å². The zero-order valence-electron chi connectivity index (χ0n) is 12.0. The van der Waals surface area contributed by atoms with Gasteiger partial charge in [-0.1, -0.05) is 26.0 Å². The third-order valence-corrected chi connectivity index (χ3v) is 3.25. The summed E-state index contributed by atoms with van der Waals surface area (Å²) in [6.07, 6.45) is 0.804. The zero-order chi connectivity index (χ0) is 14.3. The van der Waals surface area contributed by atoms with E-state index in [-0.39, 0.29) is 19.3 Å². The van der Waals surface area contributed by atoms with Gasteiger partial charge in [-0.15, -0.1) is 0 Å². The number of ether oxygens (including phenoxy) is 1. The SMILES string of the molecule is COc1cc(C(C)C)ccc1CCNC(CO)CO. The van der Waals surface area contributed by atoms with Gasteiger partial charge >= 0.3 is 0 Å². The van der Waals surface area contributed by atoms with Gasteiger partial charge in [0, 0.05) is 0 Å². The molecule has 0 radical (unpaired) electrons. The Labute approximate surface area is 115 Å². The minimum Gasteiger partial charge on any atom is -0.496 e. The highest BCUT2D eigenvalue weighted by Gasteiger charge is 2.08. The molecule has 0 spiro atoms. The van der Waals surface area contributed by atoms with E-state index in [2.05, 4.69) is 37.4 Å². The molecule has 0 atom stereocenters. The molecular formula is C15H25NO3. The minimum atomic E-state index is -0.249. The normalized spacial score (nSPS) is 11.3. The quantitative estimate of drug-likeness (QED) is 0.664. The van der Waals surface area contributed by atoms with Gasteiger partial charge in [-0.05, 0) is 36.1 Å². The molecule has 3 N–H and O–H groups in total. The largest absolute Gasteiger partial charge is 0.496 e. The van der Waals surface area contributed by atoms with E-state index >= 15 is 0 Å². The van der Waals surface area contributed by atoms with Crippen LogP contribution in [0.15, 0.2) is 18.2 Å². The van der Waals surface area contributed by atoms with Gasteiger partial charge < -0.3 is 20.3 Å². The molecule has 1 aromatic carbocycles. The Morgan fingerprint density at radius 1 is 1.21 bits per heavy atom. The number of hydrogen-bond acceptors (Lipinski definition) is 4. The van der Waals surface area contributed by atoms with E-state index in [0.29, 0.717) is 12.5 Å². The van der Waals surface area contributed by atoms with E-state index in [1.165, 1.54) is 5.56 Å². The number of rotatable bonds is 8. The summed E-state index contributed by atoms with van der Waals surface area (Å²) in [4.78, 5) is 0. The van der Waals surface area contributed by atoms with Crippen molar-refractivity contribution >= 4 is 0 Å². The fourth-order valence-electron chi connectivity index (χ4n) is 1.92. The first-order valence-electron chi connectivity index (χ1n) is 6.74. The molecule has 0 aromatic heterocycles. The minimum absolute atomic E-state index is 0.0556. The molecule has 108 valence electrons. The average molecular weight is 267 g/mol. The van der Waals surface area contributed by atoms with Gasteiger partial charge in [0.1, 0.15) is 5.75 Å². The Hall–Kier alpha value is -1.10. The first-order chi connectivity index (χ1) is 9.12. The number of aliphatic hydroxyl groups is 2. The number of benzene rings is 1. The summed E-state index contributed by atoms with van der Waals surface area (Å²) in [5.74, 6) is 1.38. The van der Waals surface area contributed by atoms with E-state index in [0.717, 1.165) is 17.7 Å². The Kier molecular flexibility index (Phi) is 6.84. The Balaban J connectivity index is 2.63. The van der Waals surface area contributed by atoms with Crippen LogP contribution in [0.1, 0.15) is 30.9 Å². The van der Waals surface area contributed by atoms with Crippen LogP contribution in [0.25, 0.3) is 0 Å². The molecule has 19 heavy (non-hydrogen) atoms. The number of nitrogens with one attached hydrogen (secondary N) is 1. The van der Waals surface area contributed by atoms with Gasteiger partial charge in [-0.25, -0.2) is 0 Å². The van der Waals surface area contributed by atoms with Gasteiger partial charge in [0.25, 0.3) is 0 Å². The van der Waals surface area contributed by atoms with Crippen molar-refractivity contribution < 1.29 is 14.9 Å². The van der Waals surface area contributed by atoms with Crippen LogP contribution in [0.3, 0.4) is 0 Å². The summed E-state index contributed by atoms with van der Waals surface area (Å²) in [6.45, 7) is 4.90. The molecule has 0 saturated heterocycles. The third kappa shape index (κ3) is 4.82. The second kappa shape index (κ2) is 8.15. The maximum Gasteiger partial charge on any atom is 0.122 e. The lowest BCUT2D eigenvalue weighted by Crippen LogP contribution is -2.36.